The number of tetrazole rings is 1. The zero-order chi connectivity index (χ0) is 9.80. The first-order valence-corrected chi connectivity index (χ1v) is 4.19. The molecule has 14 heavy (non-hydrogen) atoms. The van der Waals surface area contributed by atoms with Gasteiger partial charge in [-0.1, -0.05) is 16.8 Å². The van der Waals surface area contributed by atoms with Crippen LogP contribution in [0, 0.1) is 0 Å². The number of aromatic amines is 1. The zero-order valence-corrected chi connectivity index (χ0v) is 7.77. The van der Waals surface area contributed by atoms with Crippen LogP contribution >= 0.6 is 11.6 Å². The Bertz CT molecular complexity index is 404. The van der Waals surface area contributed by atoms with Crippen molar-refractivity contribution in [2.75, 3.05) is 0 Å². The van der Waals surface area contributed by atoms with Gasteiger partial charge in [-0.2, -0.15) is 5.21 Å². The van der Waals surface area contributed by atoms with Crippen molar-refractivity contribution in [3.8, 4) is 5.75 Å². The van der Waals surface area contributed by atoms with Gasteiger partial charge in [-0.15, -0.1) is 10.2 Å². The first-order valence-electron chi connectivity index (χ1n) is 3.82. The van der Waals surface area contributed by atoms with Gasteiger partial charge in [0.2, 0.25) is 5.82 Å². The van der Waals surface area contributed by atoms with Crippen LogP contribution in [0.25, 0.3) is 0 Å². The summed E-state index contributed by atoms with van der Waals surface area (Å²) in [6.07, 6.45) is 1.59. The summed E-state index contributed by atoms with van der Waals surface area (Å²) in [6.45, 7) is 0.210. The van der Waals surface area contributed by atoms with Crippen LogP contribution in [0.15, 0.2) is 18.3 Å². The highest BCUT2D eigenvalue weighted by atomic mass is 35.5. The molecular formula is C7H6ClN5O. The Morgan fingerprint density at radius 1 is 1.50 bits per heavy atom. The Balaban J connectivity index is 2.02. The molecule has 2 rings (SSSR count). The van der Waals surface area contributed by atoms with E-state index in [9.17, 15) is 0 Å². The van der Waals surface area contributed by atoms with Gasteiger partial charge in [-0.25, -0.2) is 4.98 Å². The zero-order valence-electron chi connectivity index (χ0n) is 7.01. The van der Waals surface area contributed by atoms with Crippen molar-refractivity contribution in [1.82, 2.24) is 25.6 Å². The highest BCUT2D eigenvalue weighted by Gasteiger charge is 2.03. The van der Waals surface area contributed by atoms with Gasteiger partial charge < -0.3 is 4.74 Å². The summed E-state index contributed by atoms with van der Waals surface area (Å²) in [5, 5.41) is 13.5. The van der Waals surface area contributed by atoms with E-state index in [-0.39, 0.29) is 6.61 Å². The van der Waals surface area contributed by atoms with Crippen molar-refractivity contribution in [2.45, 2.75) is 6.61 Å². The smallest absolute Gasteiger partial charge is 0.211 e. The molecule has 2 aromatic rings. The minimum atomic E-state index is 0.210. The monoisotopic (exact) mass is 211 g/mol. The van der Waals surface area contributed by atoms with Gasteiger partial charge in [0.1, 0.15) is 0 Å². The van der Waals surface area contributed by atoms with Crippen molar-refractivity contribution in [1.29, 1.82) is 0 Å². The summed E-state index contributed by atoms with van der Waals surface area (Å²) >= 11 is 5.76. The van der Waals surface area contributed by atoms with E-state index in [2.05, 4.69) is 25.6 Å². The SMILES string of the molecule is Clc1ncccc1OCc1nn[nH]n1. The molecule has 2 aromatic heterocycles. The molecule has 1 N–H and O–H groups in total. The van der Waals surface area contributed by atoms with E-state index in [4.69, 9.17) is 16.3 Å². The lowest BCUT2D eigenvalue weighted by Gasteiger charge is -2.03. The molecule has 0 aliphatic carbocycles. The Hall–Kier alpha value is -1.69. The molecule has 0 bridgehead atoms. The van der Waals surface area contributed by atoms with Gasteiger partial charge in [0.25, 0.3) is 0 Å². The first-order chi connectivity index (χ1) is 6.86. The van der Waals surface area contributed by atoms with E-state index < -0.39 is 0 Å². The average molecular weight is 212 g/mol. The van der Waals surface area contributed by atoms with E-state index >= 15 is 0 Å². The lowest BCUT2D eigenvalue weighted by Crippen LogP contribution is -1.98. The highest BCUT2D eigenvalue weighted by molar-refractivity contribution is 6.30. The van der Waals surface area contributed by atoms with E-state index in [0.717, 1.165) is 0 Å². The predicted octanol–water partition coefficient (Wildman–Crippen LogP) is 0.827. The summed E-state index contributed by atoms with van der Waals surface area (Å²) in [7, 11) is 0. The molecule has 0 atom stereocenters. The molecule has 0 spiro atoms. The maximum Gasteiger partial charge on any atom is 0.211 e. The highest BCUT2D eigenvalue weighted by Crippen LogP contribution is 2.20. The van der Waals surface area contributed by atoms with Crippen LogP contribution in [-0.2, 0) is 6.61 Å². The Morgan fingerprint density at radius 3 is 3.14 bits per heavy atom. The first kappa shape index (κ1) is 8.89. The fraction of sp³-hybridized carbons (Fsp3) is 0.143. The Kier molecular flexibility index (Phi) is 2.55. The molecule has 6 nitrogen and oxygen atoms in total. The van der Waals surface area contributed by atoms with E-state index in [1.807, 2.05) is 0 Å². The fourth-order valence-corrected chi connectivity index (χ4v) is 1.04. The van der Waals surface area contributed by atoms with Crippen LogP contribution in [0.1, 0.15) is 5.82 Å². The van der Waals surface area contributed by atoms with Crippen LogP contribution in [-0.4, -0.2) is 25.6 Å². The summed E-state index contributed by atoms with van der Waals surface area (Å²) in [4.78, 5) is 3.86. The van der Waals surface area contributed by atoms with Crippen LogP contribution < -0.4 is 4.74 Å². The van der Waals surface area contributed by atoms with Crippen molar-refractivity contribution in [3.63, 3.8) is 0 Å². The quantitative estimate of drug-likeness (QED) is 0.761. The number of nitrogens with one attached hydrogen (secondary N) is 1. The number of rotatable bonds is 3. The number of hydrogen-bond acceptors (Lipinski definition) is 5. The van der Waals surface area contributed by atoms with E-state index in [0.29, 0.717) is 16.7 Å². The number of ether oxygens (including phenoxy) is 1. The van der Waals surface area contributed by atoms with E-state index in [1.165, 1.54) is 0 Å². The lowest BCUT2D eigenvalue weighted by atomic mass is 10.4. The largest absolute Gasteiger partial charge is 0.482 e. The average Bonchev–Trinajstić information content (AvgIpc) is 2.69. The standard InChI is InChI=1S/C7H6ClN5O/c8-7-5(2-1-3-9-7)14-4-6-10-12-13-11-6/h1-3H,4H2,(H,10,11,12,13). The summed E-state index contributed by atoms with van der Waals surface area (Å²) in [5.41, 5.74) is 0. The molecule has 0 aliphatic heterocycles. The Morgan fingerprint density at radius 2 is 2.43 bits per heavy atom. The Labute approximate surface area is 84.3 Å². The third kappa shape index (κ3) is 1.97. The minimum absolute atomic E-state index is 0.210. The number of H-pyrrole nitrogens is 1. The van der Waals surface area contributed by atoms with Crippen LogP contribution in [0.3, 0.4) is 0 Å². The molecule has 72 valence electrons. The molecule has 0 aromatic carbocycles. The second-order valence-corrected chi connectivity index (χ2v) is 2.77. The molecule has 0 fully saturated rings. The predicted molar refractivity (Wildman–Crippen MR) is 47.8 cm³/mol. The lowest BCUT2D eigenvalue weighted by molar-refractivity contribution is 0.295. The van der Waals surface area contributed by atoms with Crippen LogP contribution in [0.2, 0.25) is 5.15 Å². The third-order valence-corrected chi connectivity index (χ3v) is 1.75. The van der Waals surface area contributed by atoms with Gasteiger partial charge in [0.05, 0.1) is 0 Å². The molecule has 0 saturated carbocycles. The van der Waals surface area contributed by atoms with Gasteiger partial charge >= 0.3 is 0 Å². The molecule has 0 radical (unpaired) electrons. The number of aromatic nitrogens is 5. The maximum absolute atomic E-state index is 5.76. The molecular weight excluding hydrogens is 206 g/mol. The summed E-state index contributed by atoms with van der Waals surface area (Å²) < 4.78 is 5.30. The van der Waals surface area contributed by atoms with Crippen LogP contribution in [0.5, 0.6) is 5.75 Å². The van der Waals surface area contributed by atoms with Crippen molar-refractivity contribution in [3.05, 3.63) is 29.3 Å². The summed E-state index contributed by atoms with van der Waals surface area (Å²) in [5.74, 6) is 0.962. The van der Waals surface area contributed by atoms with E-state index in [1.54, 1.807) is 18.3 Å². The molecule has 2 heterocycles. The maximum atomic E-state index is 5.76. The molecule has 0 unspecified atom stereocenters. The van der Waals surface area contributed by atoms with Gasteiger partial charge in [0.15, 0.2) is 17.5 Å². The second-order valence-electron chi connectivity index (χ2n) is 2.41. The molecule has 0 saturated heterocycles. The van der Waals surface area contributed by atoms with Crippen molar-refractivity contribution in [2.24, 2.45) is 0 Å². The molecule has 0 amide bonds. The fourth-order valence-electron chi connectivity index (χ4n) is 0.865. The minimum Gasteiger partial charge on any atom is -0.482 e. The number of hydrogen-bond donors (Lipinski definition) is 1. The number of nitrogens with zero attached hydrogens (tertiary/aromatic N) is 4. The molecule has 7 heteroatoms. The third-order valence-electron chi connectivity index (χ3n) is 1.47. The second kappa shape index (κ2) is 4.01. The number of pyridine rings is 1. The number of halogens is 1. The van der Waals surface area contributed by atoms with Gasteiger partial charge in [0, 0.05) is 6.20 Å². The van der Waals surface area contributed by atoms with Crippen molar-refractivity contribution < 1.29 is 4.74 Å². The van der Waals surface area contributed by atoms with Crippen molar-refractivity contribution >= 4 is 11.6 Å². The van der Waals surface area contributed by atoms with Crippen LogP contribution in [0.4, 0.5) is 0 Å². The normalized spacial score (nSPS) is 10.1. The van der Waals surface area contributed by atoms with Gasteiger partial charge in [-0.3, -0.25) is 0 Å². The summed E-state index contributed by atoms with van der Waals surface area (Å²) in [6, 6.07) is 3.45. The van der Waals surface area contributed by atoms with Gasteiger partial charge in [-0.05, 0) is 12.1 Å². The topological polar surface area (TPSA) is 76.6 Å². The molecule has 0 aliphatic rings.